The van der Waals surface area contributed by atoms with Crippen molar-refractivity contribution in [2.45, 2.75) is 4.90 Å². The molecular weight excluding hydrogens is 731 g/mol. The smallest absolute Gasteiger partial charge is 0.744 e. The minimum absolute atomic E-state index is 0. The molecule has 0 saturated carbocycles. The largest absolute Gasteiger partial charge is 1.00 e. The SMILES string of the molecule is O=c1cc/c(=N/Nc2ccc([N+](=O)[O-])cc2)c(=O)/c1=N/Nc1ccc(S(=O)(=O)[O-])c(N/N=c2\c(=O)cc/c(=N/Nc3ccc([N+](=O)[O-])cc3)c2=O)c1.[Na+]. The first-order valence-corrected chi connectivity index (χ1v) is 15.6. The molecule has 5 rings (SSSR count). The number of hydrogen-bond acceptors (Lipinski definition) is 19. The number of nitro groups is 2. The van der Waals surface area contributed by atoms with Crippen LogP contribution in [0.1, 0.15) is 0 Å². The van der Waals surface area contributed by atoms with Gasteiger partial charge in [-0.3, -0.25) is 61.1 Å². The van der Waals surface area contributed by atoms with Gasteiger partial charge in [-0.2, -0.15) is 20.4 Å². The molecule has 0 aliphatic rings. The van der Waals surface area contributed by atoms with Crippen LogP contribution in [0.3, 0.4) is 0 Å². The van der Waals surface area contributed by atoms with Gasteiger partial charge in [0.25, 0.3) is 11.4 Å². The maximum Gasteiger partial charge on any atom is 1.00 e. The van der Waals surface area contributed by atoms with Crippen LogP contribution >= 0.6 is 0 Å². The first kappa shape index (κ1) is 39.2. The molecule has 0 fully saturated rings. The van der Waals surface area contributed by atoms with Crippen LogP contribution in [0.15, 0.2) is 135 Å². The Bertz CT molecular complexity index is 2820. The Balaban J connectivity index is 0.00000627. The maximum atomic E-state index is 13.0. The van der Waals surface area contributed by atoms with Crippen molar-refractivity contribution >= 4 is 44.2 Å². The summed E-state index contributed by atoms with van der Waals surface area (Å²) in [6, 6.07) is 17.1. The number of rotatable bonds is 11. The molecule has 0 aliphatic heterocycles. The fourth-order valence-electron chi connectivity index (χ4n) is 4.18. The van der Waals surface area contributed by atoms with Crippen LogP contribution in [-0.4, -0.2) is 22.8 Å². The van der Waals surface area contributed by atoms with Crippen LogP contribution < -0.4 is 94.4 Å². The van der Waals surface area contributed by atoms with Gasteiger partial charge >= 0.3 is 29.6 Å². The molecule has 0 aliphatic carbocycles. The molecule has 0 spiro atoms. The second-order valence-corrected chi connectivity index (χ2v) is 11.5. The second-order valence-electron chi connectivity index (χ2n) is 10.2. The van der Waals surface area contributed by atoms with Crippen LogP contribution in [-0.2, 0) is 10.1 Å². The third kappa shape index (κ3) is 9.60. The number of benzene rings is 5. The second kappa shape index (κ2) is 16.6. The van der Waals surface area contributed by atoms with Gasteiger partial charge in [0.05, 0.1) is 37.5 Å². The third-order valence-electron chi connectivity index (χ3n) is 6.75. The average molecular weight is 751 g/mol. The normalized spacial score (nSPS) is 12.5. The van der Waals surface area contributed by atoms with E-state index in [-0.39, 0.29) is 63.0 Å². The number of nitro benzene ring substituents is 2. The van der Waals surface area contributed by atoms with E-state index in [1.54, 1.807) is 0 Å². The fraction of sp³-hybridized carbons (Fsp3) is 0. The average Bonchev–Trinajstić information content (AvgIpc) is 3.10. The van der Waals surface area contributed by atoms with Crippen molar-refractivity contribution in [2.75, 3.05) is 21.7 Å². The Morgan fingerprint density at radius 2 is 0.925 bits per heavy atom. The van der Waals surface area contributed by atoms with Gasteiger partial charge in [0.1, 0.15) is 20.8 Å². The van der Waals surface area contributed by atoms with Crippen molar-refractivity contribution in [1.82, 2.24) is 0 Å². The molecule has 0 bridgehead atoms. The van der Waals surface area contributed by atoms with E-state index in [9.17, 15) is 52.4 Å². The molecule has 0 atom stereocenters. The van der Waals surface area contributed by atoms with Gasteiger partial charge in [0.15, 0.2) is 10.7 Å². The molecular formula is C30H19N10NaO11S. The van der Waals surface area contributed by atoms with Crippen molar-refractivity contribution in [1.29, 1.82) is 0 Å². The summed E-state index contributed by atoms with van der Waals surface area (Å²) in [6.07, 6.45) is 0. The number of hydrogen-bond donors (Lipinski definition) is 4. The van der Waals surface area contributed by atoms with E-state index < -0.39 is 63.0 Å². The van der Waals surface area contributed by atoms with Gasteiger partial charge in [-0.15, -0.1) is 0 Å². The number of non-ortho nitro benzene ring substituents is 2. The molecule has 5 aromatic rings. The summed E-state index contributed by atoms with van der Waals surface area (Å²) in [4.78, 5) is 70.5. The number of nitrogens with one attached hydrogen (secondary N) is 4. The number of anilines is 4. The van der Waals surface area contributed by atoms with Crippen molar-refractivity contribution < 1.29 is 52.4 Å². The van der Waals surface area contributed by atoms with Gasteiger partial charge in [-0.25, -0.2) is 8.42 Å². The van der Waals surface area contributed by atoms with Crippen molar-refractivity contribution in [3.63, 3.8) is 0 Å². The molecule has 4 N–H and O–H groups in total. The molecule has 0 saturated heterocycles. The summed E-state index contributed by atoms with van der Waals surface area (Å²) in [7, 11) is -5.16. The molecule has 53 heavy (non-hydrogen) atoms. The van der Waals surface area contributed by atoms with E-state index in [0.717, 1.165) is 42.5 Å². The first-order valence-electron chi connectivity index (χ1n) is 14.2. The Labute approximate surface area is 315 Å². The van der Waals surface area contributed by atoms with Gasteiger partial charge in [-0.1, -0.05) is 0 Å². The predicted octanol–water partition coefficient (Wildman–Crippen LogP) is -3.69. The zero-order chi connectivity index (χ0) is 37.6. The van der Waals surface area contributed by atoms with Crippen LogP contribution in [0, 0.1) is 20.2 Å². The standard InChI is InChI=1S/C30H20N10O11S.Na/c41-24-12-10-21(34-31-16-1-6-19(7-2-16)39(45)46)29(43)27(24)37-33-18-5-14-26(52(49,50)51)23(15-18)36-38-28-25(42)13-11-22(30(28)44)35-32-17-3-8-20(9-4-17)40(47)48;/h1-15,31-33,36H,(H,49,50,51);/q;+1/p-1/b34-21-,35-22-,37-27+,38-28+;. The summed E-state index contributed by atoms with van der Waals surface area (Å²) in [5, 5.41) is 35.0. The fourth-order valence-corrected chi connectivity index (χ4v) is 4.79. The van der Waals surface area contributed by atoms with Crippen molar-refractivity contribution in [3.05, 3.63) is 174 Å². The monoisotopic (exact) mass is 750 g/mol. The Morgan fingerprint density at radius 1 is 0.528 bits per heavy atom. The van der Waals surface area contributed by atoms with Crippen molar-refractivity contribution in [3.8, 4) is 0 Å². The third-order valence-corrected chi connectivity index (χ3v) is 7.64. The summed E-state index contributed by atoms with van der Waals surface area (Å²) in [5.41, 5.74) is 5.55. The van der Waals surface area contributed by atoms with Gasteiger partial charge in [0, 0.05) is 24.3 Å². The van der Waals surface area contributed by atoms with E-state index in [0.29, 0.717) is 5.69 Å². The minimum atomic E-state index is -5.16. The van der Waals surface area contributed by atoms with Gasteiger partial charge < -0.3 is 4.55 Å². The van der Waals surface area contributed by atoms with Crippen LogP contribution in [0.25, 0.3) is 0 Å². The van der Waals surface area contributed by atoms with Gasteiger partial charge in [-0.05, 0) is 66.7 Å². The molecule has 262 valence electrons. The molecule has 0 radical (unpaired) electrons. The summed E-state index contributed by atoms with van der Waals surface area (Å²) < 4.78 is 35.9. The molecule has 0 unspecified atom stereocenters. The summed E-state index contributed by atoms with van der Waals surface area (Å²) in [5.74, 6) is 0. The minimum Gasteiger partial charge on any atom is -0.744 e. The first-order chi connectivity index (χ1) is 24.7. The van der Waals surface area contributed by atoms with E-state index in [1.165, 1.54) is 48.5 Å². The molecule has 21 nitrogen and oxygen atoms in total. The molecule has 0 amide bonds. The topological polar surface area (TPSA) is 309 Å². The Hall–Kier alpha value is -6.59. The summed E-state index contributed by atoms with van der Waals surface area (Å²) >= 11 is 0. The molecule has 23 heteroatoms. The van der Waals surface area contributed by atoms with E-state index >= 15 is 0 Å². The molecule has 5 aromatic carbocycles. The zero-order valence-corrected chi connectivity index (χ0v) is 29.6. The van der Waals surface area contributed by atoms with Crippen LogP contribution in [0.2, 0.25) is 0 Å². The summed E-state index contributed by atoms with van der Waals surface area (Å²) in [6.45, 7) is 0. The van der Waals surface area contributed by atoms with E-state index in [2.05, 4.69) is 42.1 Å². The van der Waals surface area contributed by atoms with Gasteiger partial charge in [0.2, 0.25) is 21.7 Å². The zero-order valence-electron chi connectivity index (χ0n) is 26.7. The number of nitrogens with zero attached hydrogens (tertiary/aromatic N) is 6. The molecule has 0 heterocycles. The van der Waals surface area contributed by atoms with Crippen LogP contribution in [0.4, 0.5) is 34.1 Å². The quantitative estimate of drug-likeness (QED) is 0.0437. The molecule has 0 aromatic heterocycles. The van der Waals surface area contributed by atoms with Crippen LogP contribution in [0.5, 0.6) is 0 Å². The maximum absolute atomic E-state index is 13.0. The predicted molar refractivity (Wildman–Crippen MR) is 180 cm³/mol. The van der Waals surface area contributed by atoms with Crippen molar-refractivity contribution in [2.24, 2.45) is 20.4 Å². The Morgan fingerprint density at radius 3 is 1.34 bits per heavy atom. The van der Waals surface area contributed by atoms with E-state index in [1.807, 2.05) is 0 Å². The Kier molecular flexibility index (Phi) is 12.3. The van der Waals surface area contributed by atoms with E-state index in [4.69, 9.17) is 0 Å².